The molecule has 1 saturated carbocycles. The Morgan fingerprint density at radius 1 is 1.06 bits per heavy atom. The molecule has 258 valence electrons. The zero-order valence-corrected chi connectivity index (χ0v) is 29.3. The Kier molecular flexibility index (Phi) is 10.3. The molecular formula is C36H52N4O7. The van der Waals surface area contributed by atoms with Crippen LogP contribution in [0.5, 0.6) is 11.6 Å². The zero-order chi connectivity index (χ0) is 34.1. The van der Waals surface area contributed by atoms with Crippen LogP contribution in [0, 0.1) is 17.3 Å². The Morgan fingerprint density at radius 3 is 2.49 bits per heavy atom. The second-order valence-corrected chi connectivity index (χ2v) is 15.0. The van der Waals surface area contributed by atoms with Crippen molar-refractivity contribution in [1.29, 1.82) is 0 Å². The number of rotatable bonds is 4. The molecule has 2 bridgehead atoms. The molecule has 1 saturated heterocycles. The van der Waals surface area contributed by atoms with E-state index in [4.69, 9.17) is 28.9 Å². The van der Waals surface area contributed by atoms with Crippen molar-refractivity contribution in [3.63, 3.8) is 0 Å². The maximum atomic E-state index is 14.5. The summed E-state index contributed by atoms with van der Waals surface area (Å²) in [6.45, 7) is 11.4. The fourth-order valence-electron chi connectivity index (χ4n) is 7.47. The highest BCUT2D eigenvalue weighted by Crippen LogP contribution is 2.42. The van der Waals surface area contributed by atoms with E-state index in [1.54, 1.807) is 7.11 Å². The van der Waals surface area contributed by atoms with Crippen molar-refractivity contribution >= 4 is 28.8 Å². The van der Waals surface area contributed by atoms with Crippen LogP contribution in [-0.4, -0.2) is 83.3 Å². The van der Waals surface area contributed by atoms with Gasteiger partial charge in [-0.25, -0.2) is 14.8 Å². The van der Waals surface area contributed by atoms with Crippen LogP contribution in [0.4, 0.5) is 4.79 Å². The average Bonchev–Trinajstić information content (AvgIpc) is 3.56. The first-order valence-corrected chi connectivity index (χ1v) is 17.1. The van der Waals surface area contributed by atoms with Crippen LogP contribution in [0.3, 0.4) is 0 Å². The number of fused-ring (bicyclic) bond motifs is 5. The van der Waals surface area contributed by atoms with E-state index in [2.05, 4.69) is 5.32 Å². The van der Waals surface area contributed by atoms with Crippen molar-refractivity contribution in [2.45, 2.75) is 123 Å². The van der Waals surface area contributed by atoms with Crippen molar-refractivity contribution in [3.05, 3.63) is 23.9 Å². The van der Waals surface area contributed by atoms with Crippen LogP contribution < -0.4 is 14.8 Å². The molecular weight excluding hydrogens is 600 g/mol. The van der Waals surface area contributed by atoms with Gasteiger partial charge in [-0.05, 0) is 68.9 Å². The molecule has 5 rings (SSSR count). The van der Waals surface area contributed by atoms with Gasteiger partial charge < -0.3 is 29.2 Å². The number of ether oxygens (including phenoxy) is 4. The van der Waals surface area contributed by atoms with Gasteiger partial charge >= 0.3 is 6.09 Å². The van der Waals surface area contributed by atoms with Crippen molar-refractivity contribution < 1.29 is 33.3 Å². The third-order valence-electron chi connectivity index (χ3n) is 10.2. The fraction of sp³-hybridized carbons (Fsp3) is 0.694. The summed E-state index contributed by atoms with van der Waals surface area (Å²) in [4.78, 5) is 53.3. The smallest absolute Gasteiger partial charge is 0.408 e. The molecule has 3 aliphatic rings. The molecule has 0 spiro atoms. The number of alkyl carbamates (subject to hydrolysis) is 1. The minimum Gasteiger partial charge on any atom is -0.497 e. The van der Waals surface area contributed by atoms with E-state index in [0.29, 0.717) is 23.6 Å². The molecule has 47 heavy (non-hydrogen) atoms. The number of hydrogen-bond donors (Lipinski definition) is 1. The van der Waals surface area contributed by atoms with Gasteiger partial charge in [0.2, 0.25) is 11.8 Å². The normalized spacial score (nSPS) is 29.3. The molecule has 2 aromatic rings. The molecule has 2 aliphatic heterocycles. The number of nitrogens with one attached hydrogen (secondary N) is 1. The van der Waals surface area contributed by atoms with Crippen molar-refractivity contribution in [2.24, 2.45) is 17.3 Å². The van der Waals surface area contributed by atoms with Gasteiger partial charge in [-0.2, -0.15) is 0 Å². The fourth-order valence-corrected chi connectivity index (χ4v) is 7.47. The Balaban J connectivity index is 1.59. The molecule has 2 amide bonds. The second kappa shape index (κ2) is 13.9. The largest absolute Gasteiger partial charge is 0.497 e. The first kappa shape index (κ1) is 34.9. The minimum atomic E-state index is -0.959. The molecule has 1 N–H and O–H groups in total. The highest BCUT2D eigenvalue weighted by molar-refractivity contribution is 5.94. The minimum absolute atomic E-state index is 0.0703. The molecule has 1 aromatic carbocycles. The van der Waals surface area contributed by atoms with Crippen molar-refractivity contribution in [1.82, 2.24) is 20.2 Å². The number of Topliss-reactive ketones (excluding diaryl/α,β-unsaturated/α-hetero) is 1. The molecule has 6 unspecified atom stereocenters. The van der Waals surface area contributed by atoms with E-state index in [1.807, 2.05) is 59.7 Å². The number of ketones is 1. The van der Waals surface area contributed by atoms with Gasteiger partial charge in [-0.15, -0.1) is 0 Å². The van der Waals surface area contributed by atoms with E-state index in [-0.39, 0.29) is 30.1 Å². The number of benzene rings is 1. The van der Waals surface area contributed by atoms with E-state index in [9.17, 15) is 14.4 Å². The van der Waals surface area contributed by atoms with E-state index in [0.717, 1.165) is 56.2 Å². The van der Waals surface area contributed by atoms with Crippen LogP contribution in [-0.2, 0) is 25.5 Å². The van der Waals surface area contributed by atoms with Gasteiger partial charge in [0.1, 0.15) is 41.3 Å². The van der Waals surface area contributed by atoms with Crippen LogP contribution in [0.25, 0.3) is 11.0 Å². The van der Waals surface area contributed by atoms with Crippen LogP contribution in [0.2, 0.25) is 0 Å². The number of amides is 2. The van der Waals surface area contributed by atoms with Crippen molar-refractivity contribution in [3.8, 4) is 11.6 Å². The maximum absolute atomic E-state index is 14.5. The molecule has 6 atom stereocenters. The van der Waals surface area contributed by atoms with Gasteiger partial charge in [-0.3, -0.25) is 9.59 Å². The van der Waals surface area contributed by atoms with Crippen LogP contribution >= 0.6 is 0 Å². The molecule has 1 aromatic heterocycles. The lowest BCUT2D eigenvalue weighted by molar-refractivity contribution is -0.144. The number of nitrogens with zero attached hydrogens (tertiary/aromatic N) is 3. The molecule has 11 heteroatoms. The monoisotopic (exact) mass is 652 g/mol. The lowest BCUT2D eigenvalue weighted by Gasteiger charge is -2.37. The predicted octanol–water partition coefficient (Wildman–Crippen LogP) is 5.65. The van der Waals surface area contributed by atoms with E-state index < -0.39 is 41.4 Å². The molecule has 0 radical (unpaired) electrons. The number of methoxy groups -OCH3 is 2. The predicted molar refractivity (Wildman–Crippen MR) is 177 cm³/mol. The maximum Gasteiger partial charge on any atom is 0.408 e. The summed E-state index contributed by atoms with van der Waals surface area (Å²) in [5.41, 5.74) is 0.788. The van der Waals surface area contributed by atoms with Crippen molar-refractivity contribution in [2.75, 3.05) is 20.8 Å². The van der Waals surface area contributed by atoms with Crippen LogP contribution in [0.1, 0.15) is 92.2 Å². The number of carbonyl (C=O) groups excluding carboxylic acids is 3. The van der Waals surface area contributed by atoms with Gasteiger partial charge in [0.05, 0.1) is 24.7 Å². The first-order valence-electron chi connectivity index (χ1n) is 17.1. The summed E-state index contributed by atoms with van der Waals surface area (Å²) in [5, 5.41) is 2.92. The lowest BCUT2D eigenvalue weighted by Crippen LogP contribution is -2.58. The quantitative estimate of drug-likeness (QED) is 0.445. The van der Waals surface area contributed by atoms with Crippen LogP contribution in [0.15, 0.2) is 18.2 Å². The number of carbonyl (C=O) groups is 3. The summed E-state index contributed by atoms with van der Waals surface area (Å²) in [6, 6.07) is 3.69. The summed E-state index contributed by atoms with van der Waals surface area (Å²) >= 11 is 0. The Labute approximate surface area is 278 Å². The SMILES string of the molecule is COc1ccc2nc3c(nc2c1)OC1CN(C(=O)C(C(C)(C)C)NC(=O)OC2(C)CCCC2CCCCC3)C(C(=O)C(C)C)C1OC. The second-order valence-electron chi connectivity index (χ2n) is 15.0. The van der Waals surface area contributed by atoms with Gasteiger partial charge in [0, 0.05) is 19.1 Å². The topological polar surface area (TPSA) is 129 Å². The molecule has 11 nitrogen and oxygen atoms in total. The Morgan fingerprint density at radius 2 is 1.81 bits per heavy atom. The highest BCUT2D eigenvalue weighted by Gasteiger charge is 2.53. The Hall–Kier alpha value is -3.47. The van der Waals surface area contributed by atoms with Gasteiger partial charge in [0.15, 0.2) is 5.78 Å². The lowest BCUT2D eigenvalue weighted by atomic mass is 9.85. The highest BCUT2D eigenvalue weighted by atomic mass is 16.6. The summed E-state index contributed by atoms with van der Waals surface area (Å²) in [6.07, 6.45) is 5.12. The summed E-state index contributed by atoms with van der Waals surface area (Å²) in [5.74, 6) is 0.349. The third kappa shape index (κ3) is 7.34. The zero-order valence-electron chi connectivity index (χ0n) is 29.3. The average molecular weight is 653 g/mol. The third-order valence-corrected chi connectivity index (χ3v) is 10.2. The standard InChI is InChI=1S/C36H52N4O7/c1-21(2)29(41)28-30(45-8)27-20-40(28)33(42)31(35(3,4)5)39-34(43)47-36(6)18-12-14-22(36)13-10-9-11-15-25-32(46-27)38-26-19-23(44-7)16-17-24(26)37-25/h16-17,19,21-22,27-28,30-31H,9-15,18,20H2,1-8H3,(H,39,43). The van der Waals surface area contributed by atoms with Gasteiger partial charge in [-0.1, -0.05) is 47.5 Å². The summed E-state index contributed by atoms with van der Waals surface area (Å²) < 4.78 is 24.2. The number of hydrogen-bond acceptors (Lipinski definition) is 9. The van der Waals surface area contributed by atoms with Gasteiger partial charge in [0.25, 0.3) is 0 Å². The molecule has 1 aliphatic carbocycles. The Bertz CT molecular complexity index is 1470. The number of aryl methyl sites for hydroxylation is 1. The first-order chi connectivity index (χ1) is 22.3. The molecule has 2 fully saturated rings. The molecule has 3 heterocycles. The van der Waals surface area contributed by atoms with E-state index in [1.165, 1.54) is 12.0 Å². The number of aromatic nitrogens is 2. The summed E-state index contributed by atoms with van der Waals surface area (Å²) in [7, 11) is 3.13. The van der Waals surface area contributed by atoms with E-state index >= 15 is 0 Å².